The van der Waals surface area contributed by atoms with Gasteiger partial charge < -0.3 is 24.1 Å². The first-order chi connectivity index (χ1) is 18.9. The van der Waals surface area contributed by atoms with Gasteiger partial charge in [0.2, 0.25) is 5.16 Å². The second-order valence-electron chi connectivity index (χ2n) is 7.95. The number of ether oxygens (including phenoxy) is 4. The van der Waals surface area contributed by atoms with E-state index < -0.39 is 5.97 Å². The number of carboxylic acid groups (broad SMARTS) is 1. The molecule has 11 heteroatoms. The van der Waals surface area contributed by atoms with E-state index in [2.05, 4.69) is 21.3 Å². The van der Waals surface area contributed by atoms with Crippen LogP contribution in [0.4, 0.5) is 0 Å². The highest BCUT2D eigenvalue weighted by atomic mass is 32.2. The SMILES string of the molecule is COc1cc(OC)cc(-c2nc(S/C(=C\c3ccc(OCc4ccccc4C#N)c(OC)c3)C(=O)O)n[nH]2)c1. The number of hydrogen-bond acceptors (Lipinski definition) is 9. The standard InChI is InChI=1S/C28H24N4O6S/c1-35-21-12-20(13-22(14-21)36-2)26-30-28(32-31-26)39-25(27(33)34)11-17-8-9-23(24(10-17)37-3)38-16-19-7-5-4-6-18(19)15-29/h4-14H,16H2,1-3H3,(H,33,34)(H,30,31,32)/b25-11-. The number of nitriles is 1. The number of nitrogens with one attached hydrogen (secondary N) is 1. The monoisotopic (exact) mass is 544 g/mol. The molecule has 3 aromatic carbocycles. The van der Waals surface area contributed by atoms with Crippen molar-refractivity contribution in [2.75, 3.05) is 21.3 Å². The third kappa shape index (κ3) is 6.68. The predicted octanol–water partition coefficient (Wildman–Crippen LogP) is 5.17. The van der Waals surface area contributed by atoms with E-state index in [1.165, 1.54) is 13.2 Å². The maximum Gasteiger partial charge on any atom is 0.342 e. The van der Waals surface area contributed by atoms with E-state index in [0.29, 0.717) is 45.5 Å². The molecule has 1 aromatic heterocycles. The Morgan fingerprint density at radius 1 is 1.03 bits per heavy atom. The predicted molar refractivity (Wildman–Crippen MR) is 145 cm³/mol. The summed E-state index contributed by atoms with van der Waals surface area (Å²) in [5.74, 6) is 1.33. The number of H-pyrrole nitrogens is 1. The Hall–Kier alpha value is -4.95. The molecule has 0 aliphatic carbocycles. The van der Waals surface area contributed by atoms with Gasteiger partial charge in [0, 0.05) is 17.2 Å². The summed E-state index contributed by atoms with van der Waals surface area (Å²) in [4.78, 5) is 16.4. The lowest BCUT2D eigenvalue weighted by molar-refractivity contribution is -0.131. The fraction of sp³-hybridized carbons (Fsp3) is 0.143. The van der Waals surface area contributed by atoms with Crippen LogP contribution in [0, 0.1) is 11.3 Å². The largest absolute Gasteiger partial charge is 0.497 e. The van der Waals surface area contributed by atoms with Crippen molar-refractivity contribution in [3.05, 3.63) is 82.3 Å². The average Bonchev–Trinajstić information content (AvgIpc) is 3.44. The quantitative estimate of drug-likeness (QED) is 0.192. The summed E-state index contributed by atoms with van der Waals surface area (Å²) in [6.45, 7) is 0.178. The van der Waals surface area contributed by atoms with Gasteiger partial charge in [0.25, 0.3) is 0 Å². The van der Waals surface area contributed by atoms with Crippen molar-refractivity contribution in [2.45, 2.75) is 11.8 Å². The highest BCUT2D eigenvalue weighted by Crippen LogP contribution is 2.33. The molecular formula is C28H24N4O6S. The second-order valence-corrected chi connectivity index (χ2v) is 8.96. The van der Waals surface area contributed by atoms with Crippen LogP contribution in [-0.4, -0.2) is 47.6 Å². The van der Waals surface area contributed by atoms with Gasteiger partial charge in [-0.3, -0.25) is 5.10 Å². The van der Waals surface area contributed by atoms with Crippen molar-refractivity contribution in [3.63, 3.8) is 0 Å². The maximum absolute atomic E-state index is 12.0. The number of nitrogens with zero attached hydrogens (tertiary/aromatic N) is 3. The van der Waals surface area contributed by atoms with E-state index >= 15 is 0 Å². The number of benzene rings is 3. The van der Waals surface area contributed by atoms with E-state index in [1.807, 2.05) is 12.1 Å². The Morgan fingerprint density at radius 3 is 2.44 bits per heavy atom. The molecule has 0 saturated carbocycles. The second kappa shape index (κ2) is 12.5. The molecule has 0 unspecified atom stereocenters. The molecule has 1 heterocycles. The van der Waals surface area contributed by atoms with Gasteiger partial charge in [0.05, 0.1) is 33.0 Å². The Kier molecular flexibility index (Phi) is 8.71. The molecule has 2 N–H and O–H groups in total. The van der Waals surface area contributed by atoms with Gasteiger partial charge >= 0.3 is 5.97 Å². The molecule has 0 amide bonds. The molecular weight excluding hydrogens is 520 g/mol. The van der Waals surface area contributed by atoms with Crippen LogP contribution in [0.1, 0.15) is 16.7 Å². The zero-order chi connectivity index (χ0) is 27.8. The van der Waals surface area contributed by atoms with E-state index in [1.54, 1.807) is 62.8 Å². The van der Waals surface area contributed by atoms with Crippen LogP contribution in [0.3, 0.4) is 0 Å². The molecule has 0 bridgehead atoms. The molecule has 39 heavy (non-hydrogen) atoms. The minimum Gasteiger partial charge on any atom is -0.497 e. The number of hydrogen-bond donors (Lipinski definition) is 2. The van der Waals surface area contributed by atoms with Gasteiger partial charge in [-0.2, -0.15) is 5.26 Å². The van der Waals surface area contributed by atoms with Crippen molar-refractivity contribution in [1.29, 1.82) is 5.26 Å². The van der Waals surface area contributed by atoms with Crippen molar-refractivity contribution in [3.8, 4) is 40.5 Å². The number of carboxylic acids is 1. The van der Waals surface area contributed by atoms with Crippen LogP contribution in [-0.2, 0) is 11.4 Å². The maximum atomic E-state index is 12.0. The third-order valence-corrected chi connectivity index (χ3v) is 6.39. The number of aliphatic carboxylic acids is 1. The number of methoxy groups -OCH3 is 3. The summed E-state index contributed by atoms with van der Waals surface area (Å²) in [7, 11) is 4.59. The highest BCUT2D eigenvalue weighted by Gasteiger charge is 2.16. The van der Waals surface area contributed by atoms with Crippen molar-refractivity contribution in [1.82, 2.24) is 15.2 Å². The number of rotatable bonds is 11. The highest BCUT2D eigenvalue weighted by molar-refractivity contribution is 8.04. The van der Waals surface area contributed by atoms with Crippen LogP contribution >= 0.6 is 11.8 Å². The Balaban J connectivity index is 1.53. The molecule has 0 aliphatic heterocycles. The van der Waals surface area contributed by atoms with Gasteiger partial charge in [0.15, 0.2) is 17.3 Å². The average molecular weight is 545 g/mol. The first-order valence-corrected chi connectivity index (χ1v) is 12.3. The van der Waals surface area contributed by atoms with Crippen LogP contribution in [0.25, 0.3) is 17.5 Å². The molecule has 0 atom stereocenters. The topological polar surface area (TPSA) is 140 Å². The molecule has 0 saturated heterocycles. The van der Waals surface area contributed by atoms with Crippen molar-refractivity contribution >= 4 is 23.8 Å². The zero-order valence-electron chi connectivity index (χ0n) is 21.3. The van der Waals surface area contributed by atoms with E-state index in [4.69, 9.17) is 18.9 Å². The lowest BCUT2D eigenvalue weighted by Crippen LogP contribution is -2.00. The Bertz CT molecular complexity index is 1540. The molecule has 4 aromatic rings. The van der Waals surface area contributed by atoms with Crippen LogP contribution in [0.5, 0.6) is 23.0 Å². The van der Waals surface area contributed by atoms with Gasteiger partial charge in [-0.25, -0.2) is 9.78 Å². The van der Waals surface area contributed by atoms with Gasteiger partial charge in [-0.05, 0) is 53.7 Å². The number of thioether (sulfide) groups is 1. The van der Waals surface area contributed by atoms with Crippen molar-refractivity contribution < 1.29 is 28.8 Å². The smallest absolute Gasteiger partial charge is 0.342 e. The van der Waals surface area contributed by atoms with Crippen LogP contribution in [0.2, 0.25) is 0 Å². The fourth-order valence-corrected chi connectivity index (χ4v) is 4.26. The third-order valence-electron chi connectivity index (χ3n) is 5.51. The summed E-state index contributed by atoms with van der Waals surface area (Å²) >= 11 is 0.899. The summed E-state index contributed by atoms with van der Waals surface area (Å²) in [5.41, 5.74) is 2.52. The van der Waals surface area contributed by atoms with Crippen LogP contribution in [0.15, 0.2) is 70.7 Å². The van der Waals surface area contributed by atoms with Gasteiger partial charge in [-0.15, -0.1) is 5.10 Å². The van der Waals surface area contributed by atoms with E-state index in [-0.39, 0.29) is 16.7 Å². The van der Waals surface area contributed by atoms with Gasteiger partial charge in [0.1, 0.15) is 23.0 Å². The zero-order valence-corrected chi connectivity index (χ0v) is 22.1. The van der Waals surface area contributed by atoms with Crippen molar-refractivity contribution in [2.24, 2.45) is 0 Å². The number of aromatic nitrogens is 3. The summed E-state index contributed by atoms with van der Waals surface area (Å²) < 4.78 is 21.9. The summed E-state index contributed by atoms with van der Waals surface area (Å²) in [5, 5.41) is 26.3. The number of aromatic amines is 1. The summed E-state index contributed by atoms with van der Waals surface area (Å²) in [6, 6.07) is 19.6. The molecule has 0 aliphatic rings. The molecule has 0 fully saturated rings. The van der Waals surface area contributed by atoms with E-state index in [0.717, 1.165) is 17.3 Å². The van der Waals surface area contributed by atoms with Gasteiger partial charge in [-0.1, -0.05) is 24.3 Å². The van der Waals surface area contributed by atoms with Crippen LogP contribution < -0.4 is 18.9 Å². The lowest BCUT2D eigenvalue weighted by Gasteiger charge is -2.12. The minimum atomic E-state index is -1.14. The number of carbonyl (C=O) groups is 1. The molecule has 0 spiro atoms. The first-order valence-electron chi connectivity index (χ1n) is 11.5. The molecule has 0 radical (unpaired) electrons. The fourth-order valence-electron chi connectivity index (χ4n) is 3.55. The first kappa shape index (κ1) is 27.1. The Labute approximate surface area is 228 Å². The minimum absolute atomic E-state index is 0.00226. The summed E-state index contributed by atoms with van der Waals surface area (Å²) in [6.07, 6.45) is 1.49. The van der Waals surface area contributed by atoms with E-state index in [9.17, 15) is 15.2 Å². The lowest BCUT2D eigenvalue weighted by atomic mass is 10.1. The molecule has 198 valence electrons. The molecule has 4 rings (SSSR count). The molecule has 10 nitrogen and oxygen atoms in total. The Morgan fingerprint density at radius 2 is 1.77 bits per heavy atom. The normalized spacial score (nSPS) is 11.0.